The van der Waals surface area contributed by atoms with Crippen LogP contribution in [0.5, 0.6) is 0 Å². The molecular formula is C11H18N2O. The number of aromatic nitrogens is 1. The molecule has 1 heterocycles. The summed E-state index contributed by atoms with van der Waals surface area (Å²) in [6, 6.07) is 3.81. The highest BCUT2D eigenvalue weighted by atomic mass is 16.1. The number of nitrogens with one attached hydrogen (secondary N) is 1. The second-order valence-electron chi connectivity index (χ2n) is 3.30. The van der Waals surface area contributed by atoms with Crippen LogP contribution in [-0.4, -0.2) is 11.1 Å². The SMILES string of the molecule is CCCNCc1cccn(CC)c1=O. The Labute approximate surface area is 84.8 Å². The van der Waals surface area contributed by atoms with Gasteiger partial charge in [-0.15, -0.1) is 0 Å². The smallest absolute Gasteiger partial charge is 0.255 e. The second kappa shape index (κ2) is 5.60. The highest BCUT2D eigenvalue weighted by Crippen LogP contribution is 1.91. The summed E-state index contributed by atoms with van der Waals surface area (Å²) in [5.74, 6) is 0. The van der Waals surface area contributed by atoms with Crippen molar-refractivity contribution in [2.45, 2.75) is 33.4 Å². The van der Waals surface area contributed by atoms with E-state index < -0.39 is 0 Å². The molecule has 0 saturated carbocycles. The first-order chi connectivity index (χ1) is 6.79. The molecule has 0 amide bonds. The summed E-state index contributed by atoms with van der Waals surface area (Å²) in [6.07, 6.45) is 2.92. The Kier molecular flexibility index (Phi) is 4.40. The van der Waals surface area contributed by atoms with Gasteiger partial charge >= 0.3 is 0 Å². The van der Waals surface area contributed by atoms with Crippen LogP contribution in [0.2, 0.25) is 0 Å². The van der Waals surface area contributed by atoms with Crippen LogP contribution in [0.1, 0.15) is 25.8 Å². The average Bonchev–Trinajstić information content (AvgIpc) is 2.21. The number of pyridine rings is 1. The molecule has 0 fully saturated rings. The zero-order valence-corrected chi connectivity index (χ0v) is 8.92. The highest BCUT2D eigenvalue weighted by molar-refractivity contribution is 5.09. The lowest BCUT2D eigenvalue weighted by Crippen LogP contribution is -2.26. The molecule has 0 aromatic carbocycles. The summed E-state index contributed by atoms with van der Waals surface area (Å²) in [5, 5.41) is 3.23. The standard InChI is InChI=1S/C11H18N2O/c1-3-7-12-9-10-6-5-8-13(4-2)11(10)14/h5-6,8,12H,3-4,7,9H2,1-2H3. The van der Waals surface area contributed by atoms with Gasteiger partial charge in [-0.1, -0.05) is 13.0 Å². The summed E-state index contributed by atoms with van der Waals surface area (Å²) in [4.78, 5) is 11.7. The molecule has 0 aliphatic carbocycles. The number of aryl methyl sites for hydroxylation is 1. The molecule has 0 spiro atoms. The van der Waals surface area contributed by atoms with Gasteiger partial charge in [0.25, 0.3) is 5.56 Å². The zero-order valence-electron chi connectivity index (χ0n) is 8.92. The minimum atomic E-state index is 0.124. The first kappa shape index (κ1) is 11.0. The fourth-order valence-corrected chi connectivity index (χ4v) is 1.37. The quantitative estimate of drug-likeness (QED) is 0.718. The van der Waals surface area contributed by atoms with Gasteiger partial charge in [0.2, 0.25) is 0 Å². The molecule has 1 N–H and O–H groups in total. The summed E-state index contributed by atoms with van der Waals surface area (Å²) in [7, 11) is 0. The van der Waals surface area contributed by atoms with E-state index in [4.69, 9.17) is 0 Å². The molecule has 0 saturated heterocycles. The lowest BCUT2D eigenvalue weighted by Gasteiger charge is -2.05. The van der Waals surface area contributed by atoms with E-state index in [2.05, 4.69) is 12.2 Å². The van der Waals surface area contributed by atoms with Crippen molar-refractivity contribution in [3.05, 3.63) is 34.2 Å². The molecule has 0 unspecified atom stereocenters. The monoisotopic (exact) mass is 194 g/mol. The van der Waals surface area contributed by atoms with Gasteiger partial charge in [-0.25, -0.2) is 0 Å². The van der Waals surface area contributed by atoms with E-state index in [-0.39, 0.29) is 5.56 Å². The maximum atomic E-state index is 11.7. The molecule has 3 nitrogen and oxygen atoms in total. The third kappa shape index (κ3) is 2.70. The second-order valence-corrected chi connectivity index (χ2v) is 3.30. The van der Waals surface area contributed by atoms with Crippen molar-refractivity contribution in [2.24, 2.45) is 0 Å². The maximum absolute atomic E-state index is 11.7. The molecule has 0 aliphatic heterocycles. The van der Waals surface area contributed by atoms with E-state index in [0.29, 0.717) is 6.54 Å². The number of nitrogens with zero attached hydrogens (tertiary/aromatic N) is 1. The molecule has 3 heteroatoms. The maximum Gasteiger partial charge on any atom is 0.255 e. The van der Waals surface area contributed by atoms with Crippen molar-refractivity contribution in [1.82, 2.24) is 9.88 Å². The number of hydrogen-bond donors (Lipinski definition) is 1. The first-order valence-corrected chi connectivity index (χ1v) is 5.18. The van der Waals surface area contributed by atoms with Crippen LogP contribution in [0.3, 0.4) is 0 Å². The van der Waals surface area contributed by atoms with Crippen LogP contribution in [0.15, 0.2) is 23.1 Å². The molecule has 14 heavy (non-hydrogen) atoms. The fourth-order valence-electron chi connectivity index (χ4n) is 1.37. The highest BCUT2D eigenvalue weighted by Gasteiger charge is 2.00. The van der Waals surface area contributed by atoms with Crippen molar-refractivity contribution in [1.29, 1.82) is 0 Å². The Morgan fingerprint density at radius 1 is 1.43 bits per heavy atom. The van der Waals surface area contributed by atoms with E-state index in [1.54, 1.807) is 4.57 Å². The van der Waals surface area contributed by atoms with Crippen LogP contribution in [0, 0.1) is 0 Å². The van der Waals surface area contributed by atoms with Crippen molar-refractivity contribution in [3.63, 3.8) is 0 Å². The van der Waals surface area contributed by atoms with Crippen LogP contribution >= 0.6 is 0 Å². The molecule has 1 aromatic heterocycles. The van der Waals surface area contributed by atoms with Gasteiger partial charge in [-0.3, -0.25) is 4.79 Å². The molecule has 0 radical (unpaired) electrons. The Morgan fingerprint density at radius 3 is 2.86 bits per heavy atom. The fraction of sp³-hybridized carbons (Fsp3) is 0.545. The molecule has 0 aliphatic rings. The number of rotatable bonds is 5. The van der Waals surface area contributed by atoms with Gasteiger partial charge in [0, 0.05) is 24.8 Å². The predicted octanol–water partition coefficient (Wildman–Crippen LogP) is 1.37. The lowest BCUT2D eigenvalue weighted by molar-refractivity contribution is 0.651. The summed E-state index contributed by atoms with van der Waals surface area (Å²) in [5.41, 5.74) is 0.974. The van der Waals surface area contributed by atoms with E-state index in [1.807, 2.05) is 25.3 Å². The van der Waals surface area contributed by atoms with Crippen molar-refractivity contribution in [2.75, 3.05) is 6.54 Å². The largest absolute Gasteiger partial charge is 0.316 e. The third-order valence-corrected chi connectivity index (χ3v) is 2.18. The van der Waals surface area contributed by atoms with E-state index >= 15 is 0 Å². The average molecular weight is 194 g/mol. The summed E-state index contributed by atoms with van der Waals surface area (Å²) < 4.78 is 1.73. The normalized spacial score (nSPS) is 10.4. The Bertz CT molecular complexity index is 330. The van der Waals surface area contributed by atoms with E-state index in [9.17, 15) is 4.79 Å². The topological polar surface area (TPSA) is 34.0 Å². The van der Waals surface area contributed by atoms with Crippen molar-refractivity contribution >= 4 is 0 Å². The van der Waals surface area contributed by atoms with Crippen LogP contribution in [0.25, 0.3) is 0 Å². The first-order valence-electron chi connectivity index (χ1n) is 5.18. The van der Waals surface area contributed by atoms with Crippen LogP contribution in [0.4, 0.5) is 0 Å². The number of hydrogen-bond acceptors (Lipinski definition) is 2. The third-order valence-electron chi connectivity index (χ3n) is 2.18. The minimum absolute atomic E-state index is 0.124. The Balaban J connectivity index is 2.72. The van der Waals surface area contributed by atoms with Crippen LogP contribution < -0.4 is 10.9 Å². The molecule has 1 aromatic rings. The molecule has 1 rings (SSSR count). The Morgan fingerprint density at radius 2 is 2.21 bits per heavy atom. The van der Waals surface area contributed by atoms with E-state index in [0.717, 1.165) is 25.1 Å². The van der Waals surface area contributed by atoms with Gasteiger partial charge in [-0.2, -0.15) is 0 Å². The van der Waals surface area contributed by atoms with Gasteiger partial charge in [-0.05, 0) is 26.0 Å². The zero-order chi connectivity index (χ0) is 10.4. The minimum Gasteiger partial charge on any atom is -0.316 e. The summed E-state index contributed by atoms with van der Waals surface area (Å²) >= 11 is 0. The van der Waals surface area contributed by atoms with Gasteiger partial charge in [0.05, 0.1) is 0 Å². The molecule has 78 valence electrons. The molecule has 0 bridgehead atoms. The van der Waals surface area contributed by atoms with Gasteiger partial charge in [0.1, 0.15) is 0 Å². The molecule has 0 atom stereocenters. The van der Waals surface area contributed by atoms with Crippen molar-refractivity contribution < 1.29 is 0 Å². The van der Waals surface area contributed by atoms with Crippen LogP contribution in [-0.2, 0) is 13.1 Å². The molecular weight excluding hydrogens is 176 g/mol. The van der Waals surface area contributed by atoms with E-state index in [1.165, 1.54) is 0 Å². The van der Waals surface area contributed by atoms with Gasteiger partial charge in [0.15, 0.2) is 0 Å². The van der Waals surface area contributed by atoms with Gasteiger partial charge < -0.3 is 9.88 Å². The Hall–Kier alpha value is -1.09. The van der Waals surface area contributed by atoms with Crippen molar-refractivity contribution in [3.8, 4) is 0 Å². The lowest BCUT2D eigenvalue weighted by atomic mass is 10.2. The summed E-state index contributed by atoms with van der Waals surface area (Å²) in [6.45, 7) is 6.46. The predicted molar refractivity (Wildman–Crippen MR) is 58.4 cm³/mol.